The van der Waals surface area contributed by atoms with Crippen molar-refractivity contribution in [1.82, 2.24) is 4.57 Å². The number of benzene rings is 2. The number of carbonyl (C=O) groups is 3. The Labute approximate surface area is 276 Å². The summed E-state index contributed by atoms with van der Waals surface area (Å²) in [5.41, 5.74) is 1.05. The van der Waals surface area contributed by atoms with E-state index in [0.29, 0.717) is 38.9 Å². The molecule has 0 fully saturated rings. The van der Waals surface area contributed by atoms with Gasteiger partial charge in [-0.1, -0.05) is 29.0 Å². The van der Waals surface area contributed by atoms with Crippen molar-refractivity contribution in [2.45, 2.75) is 26.8 Å². The zero-order chi connectivity index (χ0) is 33.8. The SMILES string of the molecule is CCOC(=O)C1=C(C)N=c2s/c(=C/c3ccc(-c4ccc(Cl)c(C(=O)O)c4)o3)c(=O)n2[C@@H]1c1ccc(OCC(=O)OC)c(OCC)c1. The van der Waals surface area contributed by atoms with Crippen LogP contribution < -0.4 is 24.4 Å². The van der Waals surface area contributed by atoms with E-state index in [9.17, 15) is 24.3 Å². The number of aromatic carboxylic acids is 1. The molecule has 5 rings (SSSR count). The maximum absolute atomic E-state index is 14.0. The fraction of sp³-hybridized carbons (Fsp3) is 0.242. The molecule has 4 aromatic rings. The van der Waals surface area contributed by atoms with Crippen molar-refractivity contribution in [1.29, 1.82) is 0 Å². The molecule has 0 unspecified atom stereocenters. The number of halogens is 1. The zero-order valence-electron chi connectivity index (χ0n) is 25.7. The second-order valence-electron chi connectivity index (χ2n) is 10.0. The highest BCUT2D eigenvalue weighted by Crippen LogP contribution is 2.36. The number of rotatable bonds is 11. The van der Waals surface area contributed by atoms with Crippen LogP contribution in [0.5, 0.6) is 11.5 Å². The first-order chi connectivity index (χ1) is 22.6. The fourth-order valence-electron chi connectivity index (χ4n) is 4.94. The molecule has 2 aromatic heterocycles. The lowest BCUT2D eigenvalue weighted by Gasteiger charge is -2.25. The standard InChI is InChI=1S/C33H29ClN2O10S/c1-5-43-25-14-19(8-11-24(25)45-16-27(37)42-4)29-28(32(41)44-6-2)17(3)35-33-36(29)30(38)26(47-33)15-20-9-12-23(46-20)18-7-10-22(34)21(13-18)31(39)40/h7-15,29H,5-6,16H2,1-4H3,(H,39,40)/b26-15+/t29-/m1/s1. The van der Waals surface area contributed by atoms with Crippen LogP contribution in [0.4, 0.5) is 0 Å². The van der Waals surface area contributed by atoms with Crippen molar-refractivity contribution >= 4 is 46.9 Å². The van der Waals surface area contributed by atoms with E-state index < -0.39 is 29.5 Å². The van der Waals surface area contributed by atoms with Crippen LogP contribution in [0.2, 0.25) is 5.02 Å². The number of hydrogen-bond donors (Lipinski definition) is 1. The Morgan fingerprint density at radius 1 is 1.06 bits per heavy atom. The molecule has 14 heteroatoms. The Morgan fingerprint density at radius 3 is 2.55 bits per heavy atom. The summed E-state index contributed by atoms with van der Waals surface area (Å²) in [6.07, 6.45) is 1.55. The molecule has 0 aliphatic carbocycles. The van der Waals surface area contributed by atoms with Crippen LogP contribution in [0.15, 0.2) is 74.0 Å². The fourth-order valence-corrected chi connectivity index (χ4v) is 6.17. The summed E-state index contributed by atoms with van der Waals surface area (Å²) in [7, 11) is 1.25. The molecule has 47 heavy (non-hydrogen) atoms. The van der Waals surface area contributed by atoms with Gasteiger partial charge in [-0.05, 0) is 68.8 Å². The average Bonchev–Trinajstić information content (AvgIpc) is 3.63. The highest BCUT2D eigenvalue weighted by atomic mass is 35.5. The van der Waals surface area contributed by atoms with Crippen molar-refractivity contribution in [3.8, 4) is 22.8 Å². The van der Waals surface area contributed by atoms with Crippen LogP contribution in [0.25, 0.3) is 17.4 Å². The number of methoxy groups -OCH3 is 1. The Balaban J connectivity index is 1.61. The molecule has 0 amide bonds. The molecular formula is C33H29ClN2O10S. The van der Waals surface area contributed by atoms with E-state index >= 15 is 0 Å². The van der Waals surface area contributed by atoms with E-state index in [1.165, 1.54) is 23.8 Å². The van der Waals surface area contributed by atoms with Crippen LogP contribution in [-0.2, 0) is 19.1 Å². The van der Waals surface area contributed by atoms with Gasteiger partial charge in [0.05, 0.1) is 52.8 Å². The van der Waals surface area contributed by atoms with E-state index in [-0.39, 0.29) is 46.3 Å². The number of nitrogens with zero attached hydrogens (tertiary/aromatic N) is 2. The number of fused-ring (bicyclic) bond motifs is 1. The lowest BCUT2D eigenvalue weighted by Crippen LogP contribution is -2.40. The summed E-state index contributed by atoms with van der Waals surface area (Å²) in [6.45, 7) is 5.18. The summed E-state index contributed by atoms with van der Waals surface area (Å²) >= 11 is 7.12. The quantitative estimate of drug-likeness (QED) is 0.226. The molecule has 1 aliphatic rings. The van der Waals surface area contributed by atoms with Crippen LogP contribution in [0, 0.1) is 0 Å². The first-order valence-corrected chi connectivity index (χ1v) is 15.5. The molecule has 0 radical (unpaired) electrons. The number of carboxylic acids is 1. The van der Waals surface area contributed by atoms with Gasteiger partial charge in [-0.2, -0.15) is 0 Å². The average molecular weight is 681 g/mol. The minimum absolute atomic E-state index is 0.0706. The number of allylic oxidation sites excluding steroid dienone is 1. The maximum atomic E-state index is 14.0. The van der Waals surface area contributed by atoms with Gasteiger partial charge in [0.1, 0.15) is 11.5 Å². The van der Waals surface area contributed by atoms with Gasteiger partial charge in [0.2, 0.25) is 0 Å². The molecule has 1 N–H and O–H groups in total. The number of hydrogen-bond acceptors (Lipinski definition) is 11. The predicted molar refractivity (Wildman–Crippen MR) is 172 cm³/mol. The van der Waals surface area contributed by atoms with Gasteiger partial charge in [0.25, 0.3) is 5.56 Å². The van der Waals surface area contributed by atoms with Crippen LogP contribution in [-0.4, -0.2) is 54.5 Å². The van der Waals surface area contributed by atoms with Gasteiger partial charge < -0.3 is 28.5 Å². The van der Waals surface area contributed by atoms with E-state index in [1.54, 1.807) is 63.2 Å². The first-order valence-electron chi connectivity index (χ1n) is 14.3. The predicted octanol–water partition coefficient (Wildman–Crippen LogP) is 4.36. The summed E-state index contributed by atoms with van der Waals surface area (Å²) in [5, 5.41) is 9.53. The lowest BCUT2D eigenvalue weighted by atomic mass is 9.95. The van der Waals surface area contributed by atoms with Crippen molar-refractivity contribution in [3.05, 3.63) is 101 Å². The normalized spacial score (nSPS) is 14.3. The highest BCUT2D eigenvalue weighted by molar-refractivity contribution is 7.07. The zero-order valence-corrected chi connectivity index (χ0v) is 27.3. The number of aromatic nitrogens is 1. The van der Waals surface area contributed by atoms with Gasteiger partial charge in [-0.3, -0.25) is 9.36 Å². The van der Waals surface area contributed by atoms with Gasteiger partial charge in [-0.25, -0.2) is 19.4 Å². The van der Waals surface area contributed by atoms with E-state index in [0.717, 1.165) is 11.3 Å². The highest BCUT2D eigenvalue weighted by Gasteiger charge is 2.34. The summed E-state index contributed by atoms with van der Waals surface area (Å²) in [5.74, 6) is -1.10. The Bertz CT molecular complexity index is 2090. The second-order valence-corrected chi connectivity index (χ2v) is 11.4. The third kappa shape index (κ3) is 6.86. The molecule has 244 valence electrons. The number of furan rings is 1. The molecule has 12 nitrogen and oxygen atoms in total. The summed E-state index contributed by atoms with van der Waals surface area (Å²) in [6, 6.07) is 11.8. The van der Waals surface area contributed by atoms with Crippen molar-refractivity contribution in [2.24, 2.45) is 4.99 Å². The van der Waals surface area contributed by atoms with E-state index in [2.05, 4.69) is 9.73 Å². The lowest BCUT2D eigenvalue weighted by molar-refractivity contribution is -0.143. The molecule has 0 spiro atoms. The van der Waals surface area contributed by atoms with Crippen LogP contribution in [0.1, 0.15) is 48.5 Å². The number of carbonyl (C=O) groups excluding carboxylic acids is 2. The Hall–Kier alpha value is -5.14. The summed E-state index contributed by atoms with van der Waals surface area (Å²) < 4.78 is 29.1. The molecule has 0 bridgehead atoms. The van der Waals surface area contributed by atoms with Gasteiger partial charge in [-0.15, -0.1) is 0 Å². The van der Waals surface area contributed by atoms with Gasteiger partial charge in [0.15, 0.2) is 22.9 Å². The minimum atomic E-state index is -1.17. The van der Waals surface area contributed by atoms with Crippen LogP contribution >= 0.6 is 22.9 Å². The third-order valence-corrected chi connectivity index (χ3v) is 8.37. The van der Waals surface area contributed by atoms with E-state index in [4.69, 9.17) is 30.2 Å². The second kappa shape index (κ2) is 14.1. The third-order valence-electron chi connectivity index (χ3n) is 7.05. The Morgan fingerprint density at radius 2 is 1.85 bits per heavy atom. The van der Waals surface area contributed by atoms with Crippen molar-refractivity contribution in [2.75, 3.05) is 26.9 Å². The first kappa shape index (κ1) is 33.2. The van der Waals surface area contributed by atoms with Gasteiger partial charge in [0, 0.05) is 11.6 Å². The minimum Gasteiger partial charge on any atom is -0.490 e. The monoisotopic (exact) mass is 680 g/mol. The number of carboxylic acid groups (broad SMARTS) is 1. The molecular weight excluding hydrogens is 652 g/mol. The van der Waals surface area contributed by atoms with Crippen molar-refractivity contribution in [3.63, 3.8) is 0 Å². The number of thiazole rings is 1. The molecule has 1 aliphatic heterocycles. The summed E-state index contributed by atoms with van der Waals surface area (Å²) in [4.78, 5) is 55.5. The molecule has 3 heterocycles. The van der Waals surface area contributed by atoms with Gasteiger partial charge >= 0.3 is 17.9 Å². The number of esters is 2. The molecule has 2 aromatic carbocycles. The molecule has 1 atom stereocenters. The van der Waals surface area contributed by atoms with E-state index in [1.807, 2.05) is 0 Å². The molecule has 0 saturated carbocycles. The smallest absolute Gasteiger partial charge is 0.343 e. The Kier molecular flexibility index (Phi) is 9.97. The maximum Gasteiger partial charge on any atom is 0.343 e. The largest absolute Gasteiger partial charge is 0.490 e. The van der Waals surface area contributed by atoms with Crippen LogP contribution in [0.3, 0.4) is 0 Å². The molecule has 0 saturated heterocycles. The van der Waals surface area contributed by atoms with Crippen molar-refractivity contribution < 1.29 is 42.9 Å². The number of ether oxygens (including phenoxy) is 4. The topological polar surface area (TPSA) is 156 Å².